The number of rotatable bonds is 8. The van der Waals surface area contributed by atoms with Crippen molar-refractivity contribution in [2.24, 2.45) is 0 Å². The summed E-state index contributed by atoms with van der Waals surface area (Å²) in [6.45, 7) is 3.99. The quantitative estimate of drug-likeness (QED) is 0.509. The van der Waals surface area contributed by atoms with E-state index in [1.807, 2.05) is 0 Å². The predicted molar refractivity (Wildman–Crippen MR) is 76.7 cm³/mol. The van der Waals surface area contributed by atoms with Gasteiger partial charge in [0.1, 0.15) is 6.10 Å². The van der Waals surface area contributed by atoms with Crippen LogP contribution in [0.5, 0.6) is 0 Å². The minimum Gasteiger partial charge on any atom is -0.372 e. The molecule has 0 bridgehead atoms. The molecule has 3 atom stereocenters. The number of unbranched alkanes of at least 4 members (excludes halogenated alkanes) is 3. The Morgan fingerprint density at radius 3 is 2.63 bits per heavy atom. The first-order valence-corrected chi connectivity index (χ1v) is 9.27. The zero-order valence-electron chi connectivity index (χ0n) is 12.4. The zero-order valence-corrected chi connectivity index (χ0v) is 13.2. The highest BCUT2D eigenvalue weighted by Gasteiger charge is 2.28. The fourth-order valence-electron chi connectivity index (χ4n) is 2.62. The van der Waals surface area contributed by atoms with E-state index in [1.54, 1.807) is 6.92 Å². The molecule has 19 heavy (non-hydrogen) atoms. The molecule has 1 aliphatic heterocycles. The average molecular weight is 292 g/mol. The second-order valence-electron chi connectivity index (χ2n) is 5.58. The van der Waals surface area contributed by atoms with Gasteiger partial charge in [0.2, 0.25) is 0 Å². The van der Waals surface area contributed by atoms with Crippen LogP contribution in [0.4, 0.5) is 0 Å². The van der Waals surface area contributed by atoms with E-state index in [4.69, 9.17) is 8.92 Å². The first kappa shape index (κ1) is 16.9. The molecule has 1 saturated heterocycles. The van der Waals surface area contributed by atoms with E-state index < -0.39 is 10.1 Å². The summed E-state index contributed by atoms with van der Waals surface area (Å²) in [7, 11) is -3.39. The highest BCUT2D eigenvalue weighted by atomic mass is 32.2. The molecule has 0 aromatic heterocycles. The Hall–Kier alpha value is -0.130. The fourth-order valence-corrected chi connectivity index (χ4v) is 3.30. The van der Waals surface area contributed by atoms with Gasteiger partial charge in [-0.05, 0) is 32.6 Å². The van der Waals surface area contributed by atoms with Gasteiger partial charge < -0.3 is 4.74 Å². The van der Waals surface area contributed by atoms with Gasteiger partial charge in [-0.1, -0.05) is 32.6 Å². The predicted octanol–water partition coefficient (Wildman–Crippen LogP) is 3.26. The molecule has 0 aromatic carbocycles. The molecule has 1 fully saturated rings. The Labute approximate surface area is 118 Å². The van der Waals surface area contributed by atoms with E-state index in [0.717, 1.165) is 31.9 Å². The second kappa shape index (κ2) is 8.22. The molecule has 0 N–H and O–H groups in total. The van der Waals surface area contributed by atoms with Crippen LogP contribution in [0.1, 0.15) is 65.2 Å². The first-order chi connectivity index (χ1) is 8.92. The lowest BCUT2D eigenvalue weighted by atomic mass is 9.97. The van der Waals surface area contributed by atoms with Crippen LogP contribution in [-0.2, 0) is 19.0 Å². The van der Waals surface area contributed by atoms with Crippen LogP contribution in [0.2, 0.25) is 0 Å². The standard InChI is InChI=1S/C14H28O4S/c1-4-5-6-7-9-13-10-8-11-14(17-13)12(2)18-19(3,15)16/h12-14H,4-11H2,1-3H3/t12-,13-,14-/m1/s1. The van der Waals surface area contributed by atoms with E-state index in [9.17, 15) is 8.42 Å². The maximum Gasteiger partial charge on any atom is 0.264 e. The molecule has 0 amide bonds. The topological polar surface area (TPSA) is 52.6 Å². The van der Waals surface area contributed by atoms with Crippen molar-refractivity contribution in [2.75, 3.05) is 6.26 Å². The Balaban J connectivity index is 2.33. The van der Waals surface area contributed by atoms with Gasteiger partial charge in [-0.25, -0.2) is 0 Å². The van der Waals surface area contributed by atoms with E-state index in [-0.39, 0.29) is 18.3 Å². The van der Waals surface area contributed by atoms with Gasteiger partial charge in [-0.15, -0.1) is 0 Å². The zero-order chi connectivity index (χ0) is 14.3. The maximum absolute atomic E-state index is 11.1. The van der Waals surface area contributed by atoms with E-state index >= 15 is 0 Å². The van der Waals surface area contributed by atoms with Crippen LogP contribution in [0.15, 0.2) is 0 Å². The van der Waals surface area contributed by atoms with Crippen molar-refractivity contribution in [3.05, 3.63) is 0 Å². The van der Waals surface area contributed by atoms with E-state index in [2.05, 4.69) is 6.92 Å². The molecule has 0 radical (unpaired) electrons. The van der Waals surface area contributed by atoms with Crippen molar-refractivity contribution in [2.45, 2.75) is 83.5 Å². The second-order valence-corrected chi connectivity index (χ2v) is 7.18. The molecule has 0 unspecified atom stereocenters. The lowest BCUT2D eigenvalue weighted by Crippen LogP contribution is -2.37. The van der Waals surface area contributed by atoms with Gasteiger partial charge >= 0.3 is 0 Å². The van der Waals surface area contributed by atoms with Crippen LogP contribution >= 0.6 is 0 Å². The monoisotopic (exact) mass is 292 g/mol. The van der Waals surface area contributed by atoms with Gasteiger partial charge in [-0.3, -0.25) is 4.18 Å². The smallest absolute Gasteiger partial charge is 0.264 e. The number of hydrogen-bond acceptors (Lipinski definition) is 4. The largest absolute Gasteiger partial charge is 0.372 e. The molecule has 0 aromatic rings. The van der Waals surface area contributed by atoms with Crippen molar-refractivity contribution in [1.29, 1.82) is 0 Å². The number of hydrogen-bond donors (Lipinski definition) is 0. The Morgan fingerprint density at radius 2 is 2.00 bits per heavy atom. The summed E-state index contributed by atoms with van der Waals surface area (Å²) >= 11 is 0. The van der Waals surface area contributed by atoms with Gasteiger partial charge in [-0.2, -0.15) is 8.42 Å². The van der Waals surface area contributed by atoms with Crippen molar-refractivity contribution >= 4 is 10.1 Å². The molecule has 5 heteroatoms. The molecule has 0 saturated carbocycles. The van der Waals surface area contributed by atoms with Crippen molar-refractivity contribution in [3.63, 3.8) is 0 Å². The fraction of sp³-hybridized carbons (Fsp3) is 1.00. The van der Waals surface area contributed by atoms with Crippen LogP contribution in [0.3, 0.4) is 0 Å². The first-order valence-electron chi connectivity index (χ1n) is 7.46. The van der Waals surface area contributed by atoms with Crippen molar-refractivity contribution in [3.8, 4) is 0 Å². The summed E-state index contributed by atoms with van der Waals surface area (Å²) in [5, 5.41) is 0. The summed E-state index contributed by atoms with van der Waals surface area (Å²) in [6, 6.07) is 0. The van der Waals surface area contributed by atoms with Crippen LogP contribution < -0.4 is 0 Å². The van der Waals surface area contributed by atoms with E-state index in [1.165, 1.54) is 25.7 Å². The molecular weight excluding hydrogens is 264 g/mol. The van der Waals surface area contributed by atoms with Crippen LogP contribution in [0, 0.1) is 0 Å². The van der Waals surface area contributed by atoms with Gasteiger partial charge in [0.05, 0.1) is 18.5 Å². The molecule has 114 valence electrons. The minimum atomic E-state index is -3.39. The molecule has 1 rings (SSSR count). The third-order valence-electron chi connectivity index (χ3n) is 3.61. The Bertz CT molecular complexity index is 339. The Morgan fingerprint density at radius 1 is 1.26 bits per heavy atom. The highest BCUT2D eigenvalue weighted by Crippen LogP contribution is 2.26. The molecule has 1 aliphatic rings. The normalized spacial score (nSPS) is 26.3. The van der Waals surface area contributed by atoms with Gasteiger partial charge in [0.15, 0.2) is 0 Å². The van der Waals surface area contributed by atoms with Gasteiger partial charge in [0.25, 0.3) is 10.1 Å². The SMILES string of the molecule is CCCCCC[C@@H]1CCC[C@H]([C@@H](C)OS(C)(=O)=O)O1. The van der Waals surface area contributed by atoms with Gasteiger partial charge in [0, 0.05) is 0 Å². The van der Waals surface area contributed by atoms with Crippen molar-refractivity contribution < 1.29 is 17.3 Å². The summed E-state index contributed by atoms with van der Waals surface area (Å²) in [5.41, 5.74) is 0. The molecule has 0 aliphatic carbocycles. The molecule has 4 nitrogen and oxygen atoms in total. The number of ether oxygens (including phenoxy) is 1. The van der Waals surface area contributed by atoms with E-state index in [0.29, 0.717) is 0 Å². The summed E-state index contributed by atoms with van der Waals surface area (Å²) < 4.78 is 33.3. The summed E-state index contributed by atoms with van der Waals surface area (Å²) in [5.74, 6) is 0. The minimum absolute atomic E-state index is 0.0837. The molecule has 1 heterocycles. The highest BCUT2D eigenvalue weighted by molar-refractivity contribution is 7.86. The summed E-state index contributed by atoms with van der Waals surface area (Å²) in [4.78, 5) is 0. The third kappa shape index (κ3) is 7.28. The van der Waals surface area contributed by atoms with Crippen LogP contribution in [0.25, 0.3) is 0 Å². The molecular formula is C14H28O4S. The summed E-state index contributed by atoms with van der Waals surface area (Å²) in [6.07, 6.45) is 10.1. The van der Waals surface area contributed by atoms with Crippen molar-refractivity contribution in [1.82, 2.24) is 0 Å². The Kier molecular flexibility index (Phi) is 7.32. The third-order valence-corrected chi connectivity index (χ3v) is 4.26. The van der Waals surface area contributed by atoms with Crippen LogP contribution in [-0.4, -0.2) is 33.0 Å². The average Bonchev–Trinajstić information content (AvgIpc) is 2.33. The lowest BCUT2D eigenvalue weighted by Gasteiger charge is -2.33. The lowest BCUT2D eigenvalue weighted by molar-refractivity contribution is -0.0943. The maximum atomic E-state index is 11.1. The molecule has 0 spiro atoms.